The number of hydrogen-bond acceptors (Lipinski definition) is 2. The number of unbranched alkanes of at least 4 members (excludes halogenated alkanes) is 2. The summed E-state index contributed by atoms with van der Waals surface area (Å²) in [5, 5.41) is 1.53. The number of ether oxygens (including phenoxy) is 1. The molecule has 0 aliphatic heterocycles. The molecule has 0 N–H and O–H groups in total. The summed E-state index contributed by atoms with van der Waals surface area (Å²) in [6.07, 6.45) is 3.69. The zero-order valence-electron chi connectivity index (χ0n) is 9.84. The fourth-order valence-corrected chi connectivity index (χ4v) is 2.13. The lowest BCUT2D eigenvalue weighted by molar-refractivity contribution is 0.0979. The summed E-state index contributed by atoms with van der Waals surface area (Å²) in [5.41, 5.74) is 0.671. The predicted molar refractivity (Wildman–Crippen MR) is 74.6 cm³/mol. The van der Waals surface area contributed by atoms with Gasteiger partial charge >= 0.3 is 0 Å². The van der Waals surface area contributed by atoms with Crippen molar-refractivity contribution in [3.63, 3.8) is 0 Å². The van der Waals surface area contributed by atoms with Gasteiger partial charge in [0.1, 0.15) is 5.75 Å². The number of ketones is 1. The van der Waals surface area contributed by atoms with E-state index in [1.165, 1.54) is 0 Å². The van der Waals surface area contributed by atoms with Crippen LogP contribution < -0.4 is 4.74 Å². The normalized spacial score (nSPS) is 10.3. The summed E-state index contributed by atoms with van der Waals surface area (Å²) in [7, 11) is 1.55. The van der Waals surface area contributed by atoms with E-state index in [-0.39, 0.29) is 5.78 Å². The third kappa shape index (κ3) is 4.68. The summed E-state index contributed by atoms with van der Waals surface area (Å²) in [6, 6.07) is 5.15. The highest BCUT2D eigenvalue weighted by atomic mass is 79.9. The Kier molecular flexibility index (Phi) is 6.60. The van der Waals surface area contributed by atoms with E-state index in [0.29, 0.717) is 22.8 Å². The second-order valence-corrected chi connectivity index (χ2v) is 4.97. The number of rotatable bonds is 7. The van der Waals surface area contributed by atoms with Crippen LogP contribution in [0.4, 0.5) is 0 Å². The molecule has 0 radical (unpaired) electrons. The molecule has 0 spiro atoms. The molecule has 1 rings (SSSR count). The van der Waals surface area contributed by atoms with Gasteiger partial charge in [0.2, 0.25) is 0 Å². The summed E-state index contributed by atoms with van der Waals surface area (Å²) in [6.45, 7) is 0. The molecule has 0 aliphatic carbocycles. The van der Waals surface area contributed by atoms with E-state index in [9.17, 15) is 4.79 Å². The van der Waals surface area contributed by atoms with Crippen molar-refractivity contribution in [2.75, 3.05) is 12.4 Å². The first-order chi connectivity index (χ1) is 8.19. The highest BCUT2D eigenvalue weighted by Crippen LogP contribution is 2.25. The molecular formula is C13H16BrClO2. The standard InChI is InChI=1S/C13H16BrClO2/c1-17-13-9-10(6-7-11(13)15)12(16)5-3-2-4-8-14/h6-7,9H,2-5,8H2,1H3. The quantitative estimate of drug-likeness (QED) is 0.420. The number of carbonyl (C=O) groups excluding carboxylic acids is 1. The number of benzene rings is 1. The minimum Gasteiger partial charge on any atom is -0.495 e. The maximum absolute atomic E-state index is 11.9. The maximum atomic E-state index is 11.9. The third-order valence-corrected chi connectivity index (χ3v) is 3.38. The first kappa shape index (κ1) is 14.5. The van der Waals surface area contributed by atoms with Crippen LogP contribution in [0.1, 0.15) is 36.0 Å². The summed E-state index contributed by atoms with van der Waals surface area (Å²) < 4.78 is 5.09. The number of Topliss-reactive ketones (excluding diaryl/α,β-unsaturated/α-hetero) is 1. The summed E-state index contributed by atoms with van der Waals surface area (Å²) >= 11 is 9.28. The van der Waals surface area contributed by atoms with E-state index in [1.54, 1.807) is 25.3 Å². The first-order valence-electron chi connectivity index (χ1n) is 5.61. The summed E-state index contributed by atoms with van der Waals surface area (Å²) in [4.78, 5) is 11.9. The molecule has 1 aromatic carbocycles. The Morgan fingerprint density at radius 2 is 2.12 bits per heavy atom. The SMILES string of the molecule is COc1cc(C(=O)CCCCCBr)ccc1Cl. The zero-order chi connectivity index (χ0) is 12.7. The molecule has 0 bridgehead atoms. The Morgan fingerprint density at radius 1 is 1.35 bits per heavy atom. The molecule has 0 atom stereocenters. The van der Waals surface area contributed by atoms with Crippen molar-refractivity contribution in [2.45, 2.75) is 25.7 Å². The van der Waals surface area contributed by atoms with Gasteiger partial charge in [0.15, 0.2) is 5.78 Å². The van der Waals surface area contributed by atoms with Crippen LogP contribution in [0, 0.1) is 0 Å². The largest absolute Gasteiger partial charge is 0.495 e. The Balaban J connectivity index is 2.57. The molecule has 0 heterocycles. The van der Waals surface area contributed by atoms with Crippen LogP contribution in [0.25, 0.3) is 0 Å². The topological polar surface area (TPSA) is 26.3 Å². The monoisotopic (exact) mass is 318 g/mol. The van der Waals surface area contributed by atoms with E-state index in [1.807, 2.05) is 0 Å². The lowest BCUT2D eigenvalue weighted by atomic mass is 10.0. The van der Waals surface area contributed by atoms with Crippen LogP contribution in [0.5, 0.6) is 5.75 Å². The van der Waals surface area contributed by atoms with Crippen molar-refractivity contribution in [3.8, 4) is 5.75 Å². The van der Waals surface area contributed by atoms with Gasteiger partial charge in [-0.25, -0.2) is 0 Å². The van der Waals surface area contributed by atoms with Crippen LogP contribution in [0.2, 0.25) is 5.02 Å². The Hall–Kier alpha value is -0.540. The lowest BCUT2D eigenvalue weighted by Gasteiger charge is -2.05. The molecule has 4 heteroatoms. The highest BCUT2D eigenvalue weighted by Gasteiger charge is 2.08. The minimum atomic E-state index is 0.148. The lowest BCUT2D eigenvalue weighted by Crippen LogP contribution is -1.99. The molecule has 2 nitrogen and oxygen atoms in total. The van der Waals surface area contributed by atoms with Crippen molar-refractivity contribution in [3.05, 3.63) is 28.8 Å². The Labute approximate surface area is 115 Å². The van der Waals surface area contributed by atoms with Crippen molar-refractivity contribution < 1.29 is 9.53 Å². The van der Waals surface area contributed by atoms with E-state index < -0.39 is 0 Å². The second kappa shape index (κ2) is 7.72. The van der Waals surface area contributed by atoms with Gasteiger partial charge in [-0.1, -0.05) is 34.0 Å². The molecule has 0 fully saturated rings. The first-order valence-corrected chi connectivity index (χ1v) is 7.11. The smallest absolute Gasteiger partial charge is 0.163 e. The molecule has 1 aromatic rings. The van der Waals surface area contributed by atoms with E-state index in [0.717, 1.165) is 24.6 Å². The van der Waals surface area contributed by atoms with E-state index in [4.69, 9.17) is 16.3 Å². The average Bonchev–Trinajstić information content (AvgIpc) is 2.35. The molecule has 0 aliphatic rings. The molecular weight excluding hydrogens is 303 g/mol. The number of halogens is 2. The van der Waals surface area contributed by atoms with Crippen LogP contribution >= 0.6 is 27.5 Å². The zero-order valence-corrected chi connectivity index (χ0v) is 12.2. The predicted octanol–water partition coefficient (Wildman–Crippen LogP) is 4.49. The minimum absolute atomic E-state index is 0.148. The number of alkyl halides is 1. The van der Waals surface area contributed by atoms with Crippen LogP contribution in [0.3, 0.4) is 0 Å². The van der Waals surface area contributed by atoms with Crippen LogP contribution in [-0.2, 0) is 0 Å². The van der Waals surface area contributed by atoms with Gasteiger partial charge in [-0.05, 0) is 31.0 Å². The molecule has 0 amide bonds. The van der Waals surface area contributed by atoms with Crippen LogP contribution in [-0.4, -0.2) is 18.2 Å². The molecule has 0 unspecified atom stereocenters. The highest BCUT2D eigenvalue weighted by molar-refractivity contribution is 9.09. The van der Waals surface area contributed by atoms with E-state index in [2.05, 4.69) is 15.9 Å². The van der Waals surface area contributed by atoms with Gasteiger partial charge < -0.3 is 4.74 Å². The maximum Gasteiger partial charge on any atom is 0.163 e. The van der Waals surface area contributed by atoms with Gasteiger partial charge in [0.05, 0.1) is 12.1 Å². The fraction of sp³-hybridized carbons (Fsp3) is 0.462. The number of hydrogen-bond donors (Lipinski definition) is 0. The van der Waals surface area contributed by atoms with Gasteiger partial charge in [0.25, 0.3) is 0 Å². The fourth-order valence-electron chi connectivity index (χ4n) is 1.53. The molecule has 0 aromatic heterocycles. The van der Waals surface area contributed by atoms with Crippen molar-refractivity contribution in [2.24, 2.45) is 0 Å². The van der Waals surface area contributed by atoms with Crippen molar-refractivity contribution in [1.29, 1.82) is 0 Å². The molecule has 0 saturated heterocycles. The Bertz CT molecular complexity index is 380. The third-order valence-electron chi connectivity index (χ3n) is 2.51. The van der Waals surface area contributed by atoms with Gasteiger partial charge in [-0.2, -0.15) is 0 Å². The van der Waals surface area contributed by atoms with Crippen LogP contribution in [0.15, 0.2) is 18.2 Å². The van der Waals surface area contributed by atoms with E-state index >= 15 is 0 Å². The summed E-state index contributed by atoms with van der Waals surface area (Å²) in [5.74, 6) is 0.701. The van der Waals surface area contributed by atoms with Crippen molar-refractivity contribution in [1.82, 2.24) is 0 Å². The Morgan fingerprint density at radius 3 is 2.76 bits per heavy atom. The number of carbonyl (C=O) groups is 1. The molecule has 94 valence electrons. The van der Waals surface area contributed by atoms with Crippen molar-refractivity contribution >= 4 is 33.3 Å². The average molecular weight is 320 g/mol. The van der Waals surface area contributed by atoms with Gasteiger partial charge in [0, 0.05) is 17.3 Å². The second-order valence-electron chi connectivity index (χ2n) is 3.77. The van der Waals surface area contributed by atoms with Gasteiger partial charge in [-0.15, -0.1) is 0 Å². The molecule has 0 saturated carbocycles. The van der Waals surface area contributed by atoms with Gasteiger partial charge in [-0.3, -0.25) is 4.79 Å². The molecule has 17 heavy (non-hydrogen) atoms. The number of methoxy groups -OCH3 is 1.